The van der Waals surface area contributed by atoms with Crippen molar-refractivity contribution in [2.45, 2.75) is 38.8 Å². The highest BCUT2D eigenvalue weighted by molar-refractivity contribution is 6.30. The summed E-state index contributed by atoms with van der Waals surface area (Å²) in [7, 11) is 0. The van der Waals surface area contributed by atoms with Crippen molar-refractivity contribution in [2.24, 2.45) is 0 Å². The summed E-state index contributed by atoms with van der Waals surface area (Å²) in [5, 5.41) is 7.41. The standard InChI is InChI=1S/C18H18ClN3O4/c1-10-9-15(23)16(21-22(10)14-7-3-12(19)4-8-14)18(25)26-11(2)17(24)20-13-5-6-13/h3-4,7-9,11,13H,5-6H2,1-2H3,(H,20,24)/t11-/m1/s1. The van der Waals surface area contributed by atoms with Crippen LogP contribution in [-0.4, -0.2) is 33.8 Å². The Labute approximate surface area is 154 Å². The molecular weight excluding hydrogens is 358 g/mol. The fourth-order valence-electron chi connectivity index (χ4n) is 2.35. The maximum absolute atomic E-state index is 12.3. The molecule has 8 heteroatoms. The van der Waals surface area contributed by atoms with Gasteiger partial charge < -0.3 is 10.1 Å². The Hall–Kier alpha value is -2.67. The van der Waals surface area contributed by atoms with Crippen LogP contribution < -0.4 is 10.7 Å². The average Bonchev–Trinajstić information content (AvgIpc) is 3.39. The summed E-state index contributed by atoms with van der Waals surface area (Å²) < 4.78 is 6.56. The SMILES string of the molecule is Cc1cc(=O)c(C(=O)O[C@H](C)C(=O)NC2CC2)nn1-c1ccc(Cl)cc1. The summed E-state index contributed by atoms with van der Waals surface area (Å²) in [5.74, 6) is -1.32. The van der Waals surface area contributed by atoms with E-state index in [1.807, 2.05) is 0 Å². The van der Waals surface area contributed by atoms with Crippen molar-refractivity contribution in [3.05, 3.63) is 57.0 Å². The van der Waals surface area contributed by atoms with Gasteiger partial charge in [-0.1, -0.05) is 11.6 Å². The van der Waals surface area contributed by atoms with E-state index in [0.29, 0.717) is 16.4 Å². The predicted molar refractivity (Wildman–Crippen MR) is 95.6 cm³/mol. The number of nitrogens with zero attached hydrogens (tertiary/aromatic N) is 2. The van der Waals surface area contributed by atoms with Gasteiger partial charge in [0.2, 0.25) is 11.1 Å². The van der Waals surface area contributed by atoms with E-state index in [0.717, 1.165) is 12.8 Å². The Morgan fingerprint density at radius 3 is 2.58 bits per heavy atom. The quantitative estimate of drug-likeness (QED) is 0.807. The maximum Gasteiger partial charge on any atom is 0.363 e. The molecule has 26 heavy (non-hydrogen) atoms. The van der Waals surface area contributed by atoms with Gasteiger partial charge in [0.1, 0.15) is 0 Å². The van der Waals surface area contributed by atoms with Crippen LogP contribution in [0.4, 0.5) is 0 Å². The number of benzene rings is 1. The van der Waals surface area contributed by atoms with E-state index in [1.54, 1.807) is 31.2 Å². The number of nitrogens with one attached hydrogen (secondary N) is 1. The van der Waals surface area contributed by atoms with Crippen molar-refractivity contribution in [3.8, 4) is 5.69 Å². The fourth-order valence-corrected chi connectivity index (χ4v) is 2.47. The summed E-state index contributed by atoms with van der Waals surface area (Å²) in [4.78, 5) is 36.4. The van der Waals surface area contributed by atoms with Gasteiger partial charge >= 0.3 is 5.97 Å². The topological polar surface area (TPSA) is 90.3 Å². The van der Waals surface area contributed by atoms with E-state index < -0.39 is 17.5 Å². The molecule has 0 spiro atoms. The van der Waals surface area contributed by atoms with Gasteiger partial charge in [-0.25, -0.2) is 9.48 Å². The van der Waals surface area contributed by atoms with Crippen LogP contribution in [0.15, 0.2) is 35.1 Å². The van der Waals surface area contributed by atoms with Gasteiger partial charge in [0.15, 0.2) is 6.10 Å². The molecule has 0 aliphatic heterocycles. The van der Waals surface area contributed by atoms with Gasteiger partial charge in [0.05, 0.1) is 5.69 Å². The third-order valence-corrected chi connectivity index (χ3v) is 4.20. The second-order valence-electron chi connectivity index (χ2n) is 6.22. The number of rotatable bonds is 5. The minimum Gasteiger partial charge on any atom is -0.448 e. The van der Waals surface area contributed by atoms with Crippen molar-refractivity contribution < 1.29 is 14.3 Å². The Kier molecular flexibility index (Phi) is 5.08. The monoisotopic (exact) mass is 375 g/mol. The van der Waals surface area contributed by atoms with Crippen LogP contribution in [0.5, 0.6) is 0 Å². The Bertz CT molecular complexity index is 904. The van der Waals surface area contributed by atoms with E-state index in [1.165, 1.54) is 17.7 Å². The van der Waals surface area contributed by atoms with Gasteiger partial charge in [0, 0.05) is 22.8 Å². The Morgan fingerprint density at radius 2 is 1.96 bits per heavy atom. The number of hydrogen-bond acceptors (Lipinski definition) is 5. The molecule has 1 fully saturated rings. The molecule has 1 aliphatic rings. The van der Waals surface area contributed by atoms with E-state index in [2.05, 4.69) is 10.4 Å². The molecule has 1 heterocycles. The number of amides is 1. The zero-order chi connectivity index (χ0) is 18.8. The van der Waals surface area contributed by atoms with Crippen LogP contribution in [-0.2, 0) is 9.53 Å². The first-order valence-corrected chi connectivity index (χ1v) is 8.61. The number of esters is 1. The lowest BCUT2D eigenvalue weighted by Crippen LogP contribution is -2.38. The average molecular weight is 376 g/mol. The molecule has 7 nitrogen and oxygen atoms in total. The van der Waals surface area contributed by atoms with Crippen LogP contribution in [0.2, 0.25) is 5.02 Å². The molecule has 136 valence electrons. The molecule has 2 aromatic rings. The summed E-state index contributed by atoms with van der Waals surface area (Å²) in [6.07, 6.45) is 0.852. The Morgan fingerprint density at radius 1 is 1.31 bits per heavy atom. The predicted octanol–water partition coefficient (Wildman–Crippen LogP) is 2.02. The Balaban J connectivity index is 1.83. The molecule has 1 amide bonds. The van der Waals surface area contributed by atoms with Crippen LogP contribution >= 0.6 is 11.6 Å². The highest BCUT2D eigenvalue weighted by atomic mass is 35.5. The van der Waals surface area contributed by atoms with Gasteiger partial charge in [0.25, 0.3) is 5.91 Å². The molecule has 1 atom stereocenters. The minimum absolute atomic E-state index is 0.156. The minimum atomic E-state index is -1.01. The number of hydrogen-bond donors (Lipinski definition) is 1. The first kappa shape index (κ1) is 18.1. The smallest absolute Gasteiger partial charge is 0.363 e. The molecular formula is C18H18ClN3O4. The second kappa shape index (κ2) is 7.29. The van der Waals surface area contributed by atoms with Gasteiger partial charge in [-0.2, -0.15) is 5.10 Å². The van der Waals surface area contributed by atoms with Crippen molar-refractivity contribution in [3.63, 3.8) is 0 Å². The lowest BCUT2D eigenvalue weighted by molar-refractivity contribution is -0.129. The number of carbonyl (C=O) groups excluding carboxylic acids is 2. The zero-order valence-electron chi connectivity index (χ0n) is 14.4. The van der Waals surface area contributed by atoms with Crippen molar-refractivity contribution >= 4 is 23.5 Å². The fraction of sp³-hybridized carbons (Fsp3) is 0.333. The largest absolute Gasteiger partial charge is 0.448 e. The number of ether oxygens (including phenoxy) is 1. The number of halogens is 1. The highest BCUT2D eigenvalue weighted by Crippen LogP contribution is 2.19. The first-order chi connectivity index (χ1) is 12.3. The lowest BCUT2D eigenvalue weighted by atomic mass is 10.3. The molecule has 1 saturated carbocycles. The number of aryl methyl sites for hydroxylation is 1. The van der Waals surface area contributed by atoms with E-state index in [-0.39, 0.29) is 17.6 Å². The van der Waals surface area contributed by atoms with Gasteiger partial charge in [-0.05, 0) is 51.0 Å². The third-order valence-electron chi connectivity index (χ3n) is 3.95. The first-order valence-electron chi connectivity index (χ1n) is 8.23. The molecule has 1 aromatic carbocycles. The van der Waals surface area contributed by atoms with Gasteiger partial charge in [-0.3, -0.25) is 9.59 Å². The van der Waals surface area contributed by atoms with Crippen molar-refractivity contribution in [2.75, 3.05) is 0 Å². The molecule has 1 N–H and O–H groups in total. The van der Waals surface area contributed by atoms with E-state index >= 15 is 0 Å². The molecule has 0 radical (unpaired) electrons. The zero-order valence-corrected chi connectivity index (χ0v) is 15.1. The molecule has 0 bridgehead atoms. The maximum atomic E-state index is 12.3. The highest BCUT2D eigenvalue weighted by Gasteiger charge is 2.28. The number of aromatic nitrogens is 2. The molecule has 3 rings (SSSR count). The summed E-state index contributed by atoms with van der Waals surface area (Å²) in [5.41, 5.74) is 0.248. The van der Waals surface area contributed by atoms with E-state index in [4.69, 9.17) is 16.3 Å². The summed E-state index contributed by atoms with van der Waals surface area (Å²) >= 11 is 5.88. The summed E-state index contributed by atoms with van der Waals surface area (Å²) in [6.45, 7) is 3.16. The van der Waals surface area contributed by atoms with Crippen molar-refractivity contribution in [1.29, 1.82) is 0 Å². The van der Waals surface area contributed by atoms with Crippen LogP contribution in [0, 0.1) is 6.92 Å². The lowest BCUT2D eigenvalue weighted by Gasteiger charge is -2.14. The van der Waals surface area contributed by atoms with Crippen LogP contribution in [0.25, 0.3) is 5.69 Å². The van der Waals surface area contributed by atoms with Crippen LogP contribution in [0.3, 0.4) is 0 Å². The normalized spacial score (nSPS) is 14.6. The van der Waals surface area contributed by atoms with Crippen molar-refractivity contribution in [1.82, 2.24) is 15.1 Å². The molecule has 1 aromatic heterocycles. The van der Waals surface area contributed by atoms with Crippen LogP contribution in [0.1, 0.15) is 35.9 Å². The molecule has 0 unspecified atom stereocenters. The molecule has 0 saturated heterocycles. The van der Waals surface area contributed by atoms with E-state index in [9.17, 15) is 14.4 Å². The third kappa shape index (κ3) is 4.11. The molecule has 1 aliphatic carbocycles. The summed E-state index contributed by atoms with van der Waals surface area (Å²) in [6, 6.07) is 8.24. The number of carbonyl (C=O) groups is 2. The second-order valence-corrected chi connectivity index (χ2v) is 6.65. The van der Waals surface area contributed by atoms with Gasteiger partial charge in [-0.15, -0.1) is 0 Å².